The average Bonchev–Trinajstić information content (AvgIpc) is 3.65. The van der Waals surface area contributed by atoms with Crippen LogP contribution in [-0.2, 0) is 36.3 Å². The molecule has 0 radical (unpaired) electrons. The molecule has 0 saturated heterocycles. The highest BCUT2D eigenvalue weighted by atomic mass is 16.5. The fourth-order valence-electron chi connectivity index (χ4n) is 7.76. The second kappa shape index (κ2) is 16.0. The van der Waals surface area contributed by atoms with Gasteiger partial charge in [0.05, 0.1) is 11.8 Å². The van der Waals surface area contributed by atoms with E-state index in [0.29, 0.717) is 13.0 Å². The first kappa shape index (κ1) is 39.7. The molecule has 0 heterocycles. The molecule has 1 unspecified atom stereocenters. The molecule has 5 aromatic rings. The van der Waals surface area contributed by atoms with E-state index in [0.717, 1.165) is 0 Å². The quantitative estimate of drug-likeness (QED) is 0.149. The van der Waals surface area contributed by atoms with Gasteiger partial charge in [0.25, 0.3) is 0 Å². The zero-order valence-corrected chi connectivity index (χ0v) is 34.4. The maximum absolute atomic E-state index is 12.5. The van der Waals surface area contributed by atoms with Gasteiger partial charge in [-0.15, -0.1) is 0 Å². The van der Waals surface area contributed by atoms with E-state index in [4.69, 9.17) is 9.47 Å². The number of carbonyl (C=O) groups excluding carboxylic acids is 2. The summed E-state index contributed by atoms with van der Waals surface area (Å²) < 4.78 is 11.8. The monoisotopic (exact) mass is 734 g/mol. The van der Waals surface area contributed by atoms with E-state index in [9.17, 15) is 9.59 Å². The van der Waals surface area contributed by atoms with Crippen LogP contribution in [-0.4, -0.2) is 24.6 Å². The first-order chi connectivity index (χ1) is 26.0. The van der Waals surface area contributed by atoms with Crippen molar-refractivity contribution in [1.82, 2.24) is 0 Å². The van der Waals surface area contributed by atoms with Gasteiger partial charge < -0.3 is 9.47 Å². The highest BCUT2D eigenvalue weighted by Crippen LogP contribution is 2.49. The molecular formula is C51H58O4. The molecule has 1 atom stereocenters. The molecule has 0 aliphatic heterocycles. The van der Waals surface area contributed by atoms with E-state index in [1.165, 1.54) is 61.2 Å². The summed E-state index contributed by atoms with van der Waals surface area (Å²) in [6.07, 6.45) is 0.471. The molecule has 286 valence electrons. The minimum absolute atomic E-state index is 0.0558. The van der Waals surface area contributed by atoms with Crippen molar-refractivity contribution in [3.8, 4) is 22.3 Å². The van der Waals surface area contributed by atoms with Crippen LogP contribution in [0.3, 0.4) is 0 Å². The van der Waals surface area contributed by atoms with Crippen molar-refractivity contribution in [2.45, 2.75) is 104 Å². The van der Waals surface area contributed by atoms with Crippen molar-refractivity contribution in [3.05, 3.63) is 154 Å². The van der Waals surface area contributed by atoms with Crippen molar-refractivity contribution in [3.63, 3.8) is 0 Å². The molecule has 0 amide bonds. The standard InChI is InChI=1S/C26H34O2.C25H24O2/c1-16(2)24(27)28-15-23-21-13-17(25(3,4)5)9-11-19(21)20-12-10-18(14-22(20)23)26(6,7)8;1-17(2)25(26)27-23(16-18-10-4-3-5-11-18)24-21-14-8-6-12-19(21)20-13-7-9-15-22(20)24/h9-14,16,23H,15H2,1-8H3;3-15,17,23-24H,16H2,1-2H3. The van der Waals surface area contributed by atoms with Crippen LogP contribution in [0.2, 0.25) is 0 Å². The summed E-state index contributed by atoms with van der Waals surface area (Å²) in [5.74, 6) is -0.373. The Morgan fingerprint density at radius 3 is 1.44 bits per heavy atom. The van der Waals surface area contributed by atoms with Gasteiger partial charge in [0.1, 0.15) is 12.7 Å². The Balaban J connectivity index is 0.000000187. The predicted octanol–water partition coefficient (Wildman–Crippen LogP) is 12.2. The molecular weight excluding hydrogens is 677 g/mol. The van der Waals surface area contributed by atoms with Crippen LogP contribution < -0.4 is 0 Å². The number of hydrogen-bond donors (Lipinski definition) is 0. The number of carbonyl (C=O) groups is 2. The van der Waals surface area contributed by atoms with Gasteiger partial charge in [-0.05, 0) is 72.0 Å². The fourth-order valence-corrected chi connectivity index (χ4v) is 7.76. The fraction of sp³-hybridized carbons (Fsp3) is 0.373. The maximum atomic E-state index is 12.5. The molecule has 5 aromatic carbocycles. The van der Waals surface area contributed by atoms with Crippen molar-refractivity contribution in [2.75, 3.05) is 6.61 Å². The zero-order valence-electron chi connectivity index (χ0n) is 34.4. The van der Waals surface area contributed by atoms with Crippen LogP contribution in [0.5, 0.6) is 0 Å². The lowest BCUT2D eigenvalue weighted by molar-refractivity contribution is -0.153. The average molecular weight is 735 g/mol. The Hall–Kier alpha value is -4.96. The van der Waals surface area contributed by atoms with Gasteiger partial charge in [0.15, 0.2) is 0 Å². The van der Waals surface area contributed by atoms with Crippen LogP contribution in [0.25, 0.3) is 22.3 Å². The topological polar surface area (TPSA) is 52.6 Å². The Bertz CT molecular complexity index is 2040. The van der Waals surface area contributed by atoms with Gasteiger partial charge in [-0.2, -0.15) is 0 Å². The molecule has 55 heavy (non-hydrogen) atoms. The summed E-state index contributed by atoms with van der Waals surface area (Å²) in [5, 5.41) is 0. The van der Waals surface area contributed by atoms with E-state index < -0.39 is 0 Å². The third kappa shape index (κ3) is 8.64. The predicted molar refractivity (Wildman–Crippen MR) is 226 cm³/mol. The second-order valence-corrected chi connectivity index (χ2v) is 17.9. The summed E-state index contributed by atoms with van der Waals surface area (Å²) >= 11 is 0. The van der Waals surface area contributed by atoms with E-state index in [1.807, 2.05) is 45.9 Å². The largest absolute Gasteiger partial charge is 0.464 e. The van der Waals surface area contributed by atoms with Gasteiger partial charge >= 0.3 is 11.9 Å². The molecule has 2 aliphatic rings. The molecule has 0 fully saturated rings. The first-order valence-corrected chi connectivity index (χ1v) is 19.9. The van der Waals surface area contributed by atoms with Crippen LogP contribution in [0.1, 0.15) is 120 Å². The summed E-state index contributed by atoms with van der Waals surface area (Å²) in [7, 11) is 0. The Kier molecular flexibility index (Phi) is 11.6. The summed E-state index contributed by atoms with van der Waals surface area (Å²) in [6, 6.07) is 40.8. The molecule has 7 rings (SSSR count). The van der Waals surface area contributed by atoms with Gasteiger partial charge in [-0.3, -0.25) is 9.59 Å². The third-order valence-electron chi connectivity index (χ3n) is 11.0. The summed E-state index contributed by atoms with van der Waals surface area (Å²) in [5.41, 5.74) is 14.1. The molecule has 0 bridgehead atoms. The number of rotatable bonds is 8. The van der Waals surface area contributed by atoms with Gasteiger partial charge in [-0.25, -0.2) is 0 Å². The Labute approximate surface area is 329 Å². The molecule has 0 spiro atoms. The number of hydrogen-bond acceptors (Lipinski definition) is 4. The van der Waals surface area contributed by atoms with Crippen molar-refractivity contribution in [1.29, 1.82) is 0 Å². The number of benzene rings is 5. The zero-order chi connectivity index (χ0) is 39.7. The first-order valence-electron chi connectivity index (χ1n) is 19.9. The summed E-state index contributed by atoms with van der Waals surface area (Å²) in [6.45, 7) is 21.4. The highest BCUT2D eigenvalue weighted by Gasteiger charge is 2.37. The minimum Gasteiger partial charge on any atom is -0.464 e. The lowest BCUT2D eigenvalue weighted by Crippen LogP contribution is -2.29. The highest BCUT2D eigenvalue weighted by molar-refractivity contribution is 5.81. The minimum atomic E-state index is -0.230. The van der Waals surface area contributed by atoms with Crippen LogP contribution >= 0.6 is 0 Å². The maximum Gasteiger partial charge on any atom is 0.308 e. The second-order valence-electron chi connectivity index (χ2n) is 17.9. The van der Waals surface area contributed by atoms with Crippen LogP contribution in [0.15, 0.2) is 115 Å². The third-order valence-corrected chi connectivity index (χ3v) is 11.0. The van der Waals surface area contributed by atoms with Crippen LogP contribution in [0, 0.1) is 11.8 Å². The molecule has 0 saturated carbocycles. The summed E-state index contributed by atoms with van der Waals surface area (Å²) in [4.78, 5) is 24.7. The molecule has 4 nitrogen and oxygen atoms in total. The van der Waals surface area contributed by atoms with Crippen molar-refractivity contribution in [2.24, 2.45) is 11.8 Å². The van der Waals surface area contributed by atoms with E-state index in [2.05, 4.69) is 139 Å². The number of ether oxygens (including phenoxy) is 2. The lowest BCUT2D eigenvalue weighted by Gasteiger charge is -2.27. The molecule has 0 aromatic heterocycles. The van der Waals surface area contributed by atoms with Crippen molar-refractivity contribution >= 4 is 11.9 Å². The molecule has 4 heteroatoms. The molecule has 2 aliphatic carbocycles. The van der Waals surface area contributed by atoms with Crippen LogP contribution in [0.4, 0.5) is 0 Å². The van der Waals surface area contributed by atoms with Gasteiger partial charge in [0, 0.05) is 18.3 Å². The van der Waals surface area contributed by atoms with E-state index in [-0.39, 0.29) is 52.5 Å². The number of fused-ring (bicyclic) bond motifs is 6. The normalized spacial score (nSPS) is 14.0. The van der Waals surface area contributed by atoms with Gasteiger partial charge in [0.2, 0.25) is 0 Å². The Morgan fingerprint density at radius 2 is 0.982 bits per heavy atom. The van der Waals surface area contributed by atoms with E-state index >= 15 is 0 Å². The van der Waals surface area contributed by atoms with Crippen molar-refractivity contribution < 1.29 is 19.1 Å². The number of esters is 2. The lowest BCUT2D eigenvalue weighted by atomic mass is 9.83. The van der Waals surface area contributed by atoms with E-state index in [1.54, 1.807) is 0 Å². The smallest absolute Gasteiger partial charge is 0.308 e. The Morgan fingerprint density at radius 1 is 0.545 bits per heavy atom. The van der Waals surface area contributed by atoms with Gasteiger partial charge in [-0.1, -0.05) is 184 Å². The molecule has 0 N–H and O–H groups in total. The SMILES string of the molecule is CC(C)C(=O)OC(Cc1ccccc1)C1c2ccccc2-c2ccccc21.CC(C)C(=O)OCC1c2cc(C(C)(C)C)ccc2-c2ccc(C(C)(C)C)cc21.